The van der Waals surface area contributed by atoms with Crippen molar-refractivity contribution in [3.63, 3.8) is 0 Å². The van der Waals surface area contributed by atoms with Crippen LogP contribution in [-0.4, -0.2) is 27.4 Å². The molecule has 1 aliphatic heterocycles. The molecule has 1 aromatic rings. The van der Waals surface area contributed by atoms with Crippen LogP contribution in [0.15, 0.2) is 15.8 Å². The fourth-order valence-electron chi connectivity index (χ4n) is 1.83. The number of aryl methyl sites for hydroxylation is 1. The maximum Gasteiger partial charge on any atom is 0.330 e. The zero-order valence-corrected chi connectivity index (χ0v) is 11.0. The number of aromatic amines is 1. The summed E-state index contributed by atoms with van der Waals surface area (Å²) in [5, 5.41) is 8.93. The number of hydrogen-bond acceptors (Lipinski definition) is 4. The van der Waals surface area contributed by atoms with Crippen LogP contribution in [0.3, 0.4) is 0 Å². The van der Waals surface area contributed by atoms with Gasteiger partial charge in [0.25, 0.3) is 5.56 Å². The van der Waals surface area contributed by atoms with Gasteiger partial charge < -0.3 is 9.84 Å². The molecule has 0 bridgehead atoms. The van der Waals surface area contributed by atoms with Gasteiger partial charge >= 0.3 is 5.69 Å². The van der Waals surface area contributed by atoms with E-state index in [1.165, 1.54) is 10.8 Å². The molecule has 6 nitrogen and oxygen atoms in total. The SMILES string of the molecule is CC.Cc1cn(C2CC[C@@H](CO)O2)c(=O)[nH]c1=O. The van der Waals surface area contributed by atoms with Crippen molar-refractivity contribution in [3.8, 4) is 0 Å². The van der Waals surface area contributed by atoms with Gasteiger partial charge in [-0.1, -0.05) is 13.8 Å². The average molecular weight is 256 g/mol. The van der Waals surface area contributed by atoms with E-state index in [0.717, 1.165) is 0 Å². The summed E-state index contributed by atoms with van der Waals surface area (Å²) in [4.78, 5) is 24.9. The molecule has 0 aromatic carbocycles. The van der Waals surface area contributed by atoms with Crippen molar-refractivity contribution < 1.29 is 9.84 Å². The molecule has 1 aliphatic rings. The second-order valence-corrected chi connectivity index (χ2v) is 3.95. The summed E-state index contributed by atoms with van der Waals surface area (Å²) in [5.74, 6) is 0. The average Bonchev–Trinajstić information content (AvgIpc) is 2.85. The number of hydrogen-bond donors (Lipinski definition) is 2. The summed E-state index contributed by atoms with van der Waals surface area (Å²) in [5.41, 5.74) is -0.382. The Morgan fingerprint density at radius 2 is 2.11 bits per heavy atom. The number of nitrogens with zero attached hydrogens (tertiary/aromatic N) is 1. The molecule has 1 fully saturated rings. The van der Waals surface area contributed by atoms with Crippen LogP contribution < -0.4 is 11.2 Å². The highest BCUT2D eigenvalue weighted by atomic mass is 16.5. The van der Waals surface area contributed by atoms with Crippen molar-refractivity contribution in [1.82, 2.24) is 9.55 Å². The number of aromatic nitrogens is 2. The molecule has 18 heavy (non-hydrogen) atoms. The summed E-state index contributed by atoms with van der Waals surface area (Å²) in [6, 6.07) is 0. The van der Waals surface area contributed by atoms with Crippen molar-refractivity contribution in [1.29, 1.82) is 0 Å². The van der Waals surface area contributed by atoms with Gasteiger partial charge in [0.05, 0.1) is 12.7 Å². The lowest BCUT2D eigenvalue weighted by molar-refractivity contribution is -0.0247. The third-order valence-electron chi connectivity index (χ3n) is 2.74. The van der Waals surface area contributed by atoms with Crippen LogP contribution in [0.4, 0.5) is 0 Å². The van der Waals surface area contributed by atoms with Crippen LogP contribution >= 0.6 is 0 Å². The minimum absolute atomic E-state index is 0.0480. The number of nitrogens with one attached hydrogen (secondary N) is 1. The highest BCUT2D eigenvalue weighted by molar-refractivity contribution is 5.01. The van der Waals surface area contributed by atoms with Gasteiger partial charge in [0.15, 0.2) is 0 Å². The smallest absolute Gasteiger partial charge is 0.330 e. The Morgan fingerprint density at radius 3 is 2.67 bits per heavy atom. The van der Waals surface area contributed by atoms with Gasteiger partial charge in [-0.25, -0.2) is 4.79 Å². The van der Waals surface area contributed by atoms with Gasteiger partial charge in [0.2, 0.25) is 0 Å². The molecule has 6 heteroatoms. The highest BCUT2D eigenvalue weighted by Gasteiger charge is 2.26. The molecular formula is C12H20N2O4. The minimum Gasteiger partial charge on any atom is -0.394 e. The van der Waals surface area contributed by atoms with E-state index < -0.39 is 5.69 Å². The second kappa shape index (κ2) is 6.51. The van der Waals surface area contributed by atoms with Gasteiger partial charge in [-0.05, 0) is 19.8 Å². The van der Waals surface area contributed by atoms with Crippen molar-refractivity contribution >= 4 is 0 Å². The van der Waals surface area contributed by atoms with Crippen LogP contribution in [-0.2, 0) is 4.74 Å². The number of aliphatic hydroxyl groups excluding tert-OH is 1. The van der Waals surface area contributed by atoms with E-state index in [0.29, 0.717) is 18.4 Å². The Hall–Kier alpha value is -1.40. The van der Waals surface area contributed by atoms with Gasteiger partial charge in [0, 0.05) is 11.8 Å². The first-order chi connectivity index (χ1) is 8.61. The number of H-pyrrole nitrogens is 1. The normalized spacial score (nSPS) is 22.4. The van der Waals surface area contributed by atoms with Crippen LogP contribution in [0.2, 0.25) is 0 Å². The molecule has 0 radical (unpaired) electrons. The van der Waals surface area contributed by atoms with E-state index in [2.05, 4.69) is 4.98 Å². The molecule has 102 valence electrons. The Kier molecular flexibility index (Phi) is 5.30. The van der Waals surface area contributed by atoms with Crippen LogP contribution in [0.25, 0.3) is 0 Å². The number of rotatable bonds is 2. The number of aliphatic hydroxyl groups is 1. The Bertz CT molecular complexity index is 492. The lowest BCUT2D eigenvalue weighted by Crippen LogP contribution is -2.33. The maximum atomic E-state index is 11.5. The first kappa shape index (κ1) is 14.7. The standard InChI is InChI=1S/C10H14N2O4.C2H6/c1-6-4-12(10(15)11-9(6)14)8-3-2-7(5-13)16-8;1-2/h4,7-8,13H,2-3,5H2,1H3,(H,11,14,15);1-2H3/t7-,8?;/m0./s1. The fourth-order valence-corrected chi connectivity index (χ4v) is 1.83. The largest absolute Gasteiger partial charge is 0.394 e. The maximum absolute atomic E-state index is 11.5. The first-order valence-electron chi connectivity index (χ1n) is 6.20. The van der Waals surface area contributed by atoms with E-state index >= 15 is 0 Å². The predicted octanol–water partition coefficient (Wildman–Crippen LogP) is 0.541. The van der Waals surface area contributed by atoms with E-state index in [4.69, 9.17) is 9.84 Å². The van der Waals surface area contributed by atoms with Crippen molar-refractivity contribution in [2.24, 2.45) is 0 Å². The van der Waals surface area contributed by atoms with Gasteiger partial charge in [0.1, 0.15) is 6.23 Å². The Labute approximate surface area is 105 Å². The molecule has 2 rings (SSSR count). The van der Waals surface area contributed by atoms with E-state index in [1.807, 2.05) is 13.8 Å². The molecule has 1 saturated heterocycles. The third-order valence-corrected chi connectivity index (χ3v) is 2.74. The molecule has 0 spiro atoms. The molecule has 2 heterocycles. The topological polar surface area (TPSA) is 84.3 Å². The van der Waals surface area contributed by atoms with Gasteiger partial charge in [-0.2, -0.15) is 0 Å². The molecule has 2 atom stereocenters. The predicted molar refractivity (Wildman–Crippen MR) is 67.6 cm³/mol. The lowest BCUT2D eigenvalue weighted by atomic mass is 10.2. The molecule has 1 unspecified atom stereocenters. The fraction of sp³-hybridized carbons (Fsp3) is 0.667. The summed E-state index contributed by atoms with van der Waals surface area (Å²) in [7, 11) is 0. The summed E-state index contributed by atoms with van der Waals surface area (Å²) in [6.45, 7) is 5.58. The van der Waals surface area contributed by atoms with Crippen molar-refractivity contribution in [2.45, 2.75) is 45.9 Å². The van der Waals surface area contributed by atoms with Crippen molar-refractivity contribution in [2.75, 3.05) is 6.61 Å². The molecule has 0 aliphatic carbocycles. The summed E-state index contributed by atoms with van der Waals surface area (Å²) in [6.07, 6.45) is 2.26. The van der Waals surface area contributed by atoms with E-state index in [1.54, 1.807) is 6.92 Å². The van der Waals surface area contributed by atoms with Crippen LogP contribution in [0.1, 0.15) is 38.5 Å². The Morgan fingerprint density at radius 1 is 1.44 bits per heavy atom. The van der Waals surface area contributed by atoms with Gasteiger partial charge in [-0.3, -0.25) is 14.3 Å². The molecule has 0 amide bonds. The summed E-state index contributed by atoms with van der Waals surface area (Å²) >= 11 is 0. The molecule has 0 saturated carbocycles. The molecule has 1 aromatic heterocycles. The minimum atomic E-state index is -0.473. The Balaban J connectivity index is 0.000000771. The summed E-state index contributed by atoms with van der Waals surface area (Å²) < 4.78 is 6.83. The van der Waals surface area contributed by atoms with Crippen LogP contribution in [0, 0.1) is 6.92 Å². The third kappa shape index (κ3) is 3.08. The van der Waals surface area contributed by atoms with E-state index in [9.17, 15) is 9.59 Å². The van der Waals surface area contributed by atoms with Crippen LogP contribution in [0.5, 0.6) is 0 Å². The van der Waals surface area contributed by atoms with E-state index in [-0.39, 0.29) is 24.5 Å². The number of ether oxygens (including phenoxy) is 1. The molecule has 2 N–H and O–H groups in total. The zero-order valence-electron chi connectivity index (χ0n) is 11.0. The quantitative estimate of drug-likeness (QED) is 0.809. The lowest BCUT2D eigenvalue weighted by Gasteiger charge is -2.14. The monoisotopic (exact) mass is 256 g/mol. The second-order valence-electron chi connectivity index (χ2n) is 3.95. The highest BCUT2D eigenvalue weighted by Crippen LogP contribution is 2.26. The first-order valence-corrected chi connectivity index (χ1v) is 6.20. The van der Waals surface area contributed by atoms with Crippen molar-refractivity contribution in [3.05, 3.63) is 32.6 Å². The zero-order chi connectivity index (χ0) is 13.7. The molecular weight excluding hydrogens is 236 g/mol. The van der Waals surface area contributed by atoms with Gasteiger partial charge in [-0.15, -0.1) is 0 Å².